The third-order valence-electron chi connectivity index (χ3n) is 3.23. The van der Waals surface area contributed by atoms with E-state index in [9.17, 15) is 4.79 Å². The third-order valence-corrected chi connectivity index (χ3v) is 3.23. The number of hydrogen-bond donors (Lipinski definition) is 1. The Kier molecular flexibility index (Phi) is 4.44. The molecule has 0 bridgehead atoms. The van der Waals surface area contributed by atoms with Crippen LogP contribution >= 0.6 is 0 Å². The summed E-state index contributed by atoms with van der Waals surface area (Å²) < 4.78 is 10.2. The van der Waals surface area contributed by atoms with Crippen LogP contribution in [0.4, 0.5) is 5.69 Å². The van der Waals surface area contributed by atoms with Crippen molar-refractivity contribution in [2.45, 2.75) is 6.61 Å². The Labute approximate surface area is 133 Å². The zero-order chi connectivity index (χ0) is 16.1. The summed E-state index contributed by atoms with van der Waals surface area (Å²) in [5.74, 6) is 0.169. The maximum absolute atomic E-state index is 12.4. The first kappa shape index (κ1) is 14.9. The lowest BCUT2D eigenvalue weighted by molar-refractivity contribution is 0.102. The summed E-state index contributed by atoms with van der Waals surface area (Å²) in [6, 6.07) is 14.5. The van der Waals surface area contributed by atoms with Gasteiger partial charge in [-0.1, -0.05) is 18.2 Å². The molecule has 0 saturated heterocycles. The molecule has 3 aromatic rings. The number of anilines is 1. The zero-order valence-electron chi connectivity index (χ0n) is 12.5. The Morgan fingerprint density at radius 2 is 2.09 bits per heavy atom. The molecule has 0 unspecified atom stereocenters. The van der Waals surface area contributed by atoms with E-state index in [-0.39, 0.29) is 5.91 Å². The van der Waals surface area contributed by atoms with E-state index in [1.54, 1.807) is 25.3 Å². The summed E-state index contributed by atoms with van der Waals surface area (Å²) in [5.41, 5.74) is 2.92. The van der Waals surface area contributed by atoms with Crippen LogP contribution in [-0.2, 0) is 11.3 Å². The van der Waals surface area contributed by atoms with Crippen LogP contribution in [0.25, 0.3) is 11.5 Å². The first-order valence-corrected chi connectivity index (χ1v) is 7.02. The minimum atomic E-state index is -0.207. The van der Waals surface area contributed by atoms with Crippen molar-refractivity contribution in [3.05, 3.63) is 66.1 Å². The predicted molar refractivity (Wildman–Crippen MR) is 84.8 cm³/mol. The van der Waals surface area contributed by atoms with E-state index in [1.807, 2.05) is 30.3 Å². The number of carbonyl (C=O) groups excluding carboxylic acids is 1. The van der Waals surface area contributed by atoms with Gasteiger partial charge >= 0.3 is 0 Å². The lowest BCUT2D eigenvalue weighted by Gasteiger charge is -2.08. The van der Waals surface area contributed by atoms with Crippen LogP contribution < -0.4 is 5.32 Å². The molecular weight excluding hydrogens is 294 g/mol. The van der Waals surface area contributed by atoms with Crippen molar-refractivity contribution in [2.24, 2.45) is 0 Å². The maximum atomic E-state index is 12.4. The monoisotopic (exact) mass is 309 g/mol. The van der Waals surface area contributed by atoms with Gasteiger partial charge in [0.15, 0.2) is 0 Å². The van der Waals surface area contributed by atoms with E-state index in [0.717, 1.165) is 5.56 Å². The number of carbonyl (C=O) groups is 1. The van der Waals surface area contributed by atoms with Crippen molar-refractivity contribution in [2.75, 3.05) is 12.4 Å². The van der Waals surface area contributed by atoms with Gasteiger partial charge in [-0.25, -0.2) is 0 Å². The van der Waals surface area contributed by atoms with E-state index in [2.05, 4.69) is 15.5 Å². The Morgan fingerprint density at radius 1 is 1.22 bits per heavy atom. The normalized spacial score (nSPS) is 10.5. The van der Waals surface area contributed by atoms with E-state index < -0.39 is 0 Å². The molecule has 0 aliphatic carbocycles. The lowest BCUT2D eigenvalue weighted by atomic mass is 10.1. The van der Waals surface area contributed by atoms with Gasteiger partial charge in [0.2, 0.25) is 12.3 Å². The van der Waals surface area contributed by atoms with Crippen molar-refractivity contribution in [3.8, 4) is 11.5 Å². The molecule has 23 heavy (non-hydrogen) atoms. The molecule has 0 spiro atoms. The van der Waals surface area contributed by atoms with Gasteiger partial charge in [-0.15, -0.1) is 10.2 Å². The summed E-state index contributed by atoms with van der Waals surface area (Å²) in [4.78, 5) is 12.4. The van der Waals surface area contributed by atoms with E-state index in [0.29, 0.717) is 29.3 Å². The summed E-state index contributed by atoms with van der Waals surface area (Å²) in [6.07, 6.45) is 1.25. The topological polar surface area (TPSA) is 77.2 Å². The second kappa shape index (κ2) is 6.85. The van der Waals surface area contributed by atoms with Gasteiger partial charge < -0.3 is 14.5 Å². The fourth-order valence-corrected chi connectivity index (χ4v) is 2.20. The van der Waals surface area contributed by atoms with Crippen LogP contribution in [-0.4, -0.2) is 23.2 Å². The average Bonchev–Trinajstić information content (AvgIpc) is 3.10. The highest BCUT2D eigenvalue weighted by Gasteiger charge is 2.10. The van der Waals surface area contributed by atoms with Gasteiger partial charge in [-0.2, -0.15) is 0 Å². The number of rotatable bonds is 5. The molecule has 0 radical (unpaired) electrons. The smallest absolute Gasteiger partial charge is 0.255 e. The van der Waals surface area contributed by atoms with Gasteiger partial charge in [0.1, 0.15) is 0 Å². The molecule has 0 atom stereocenters. The number of nitrogens with zero attached hydrogens (tertiary/aromatic N) is 2. The number of aromatic nitrogens is 2. The first-order chi connectivity index (χ1) is 11.3. The van der Waals surface area contributed by atoms with Crippen molar-refractivity contribution >= 4 is 11.6 Å². The molecular formula is C17H15N3O3. The highest BCUT2D eigenvalue weighted by Crippen LogP contribution is 2.19. The standard InChI is InChI=1S/C17H15N3O3/c1-22-10-12-4-2-7-15(8-12)19-16(21)13-5-3-6-14(9-13)17-20-18-11-23-17/h2-9,11H,10H2,1H3,(H,19,21). The first-order valence-electron chi connectivity index (χ1n) is 7.02. The number of hydrogen-bond acceptors (Lipinski definition) is 5. The number of benzene rings is 2. The Morgan fingerprint density at radius 3 is 2.87 bits per heavy atom. The minimum Gasteiger partial charge on any atom is -0.423 e. The molecule has 6 nitrogen and oxygen atoms in total. The van der Waals surface area contributed by atoms with Gasteiger partial charge in [0, 0.05) is 23.9 Å². The molecule has 0 aliphatic heterocycles. The van der Waals surface area contributed by atoms with Gasteiger partial charge in [0.25, 0.3) is 5.91 Å². The van der Waals surface area contributed by atoms with Gasteiger partial charge in [-0.05, 0) is 35.9 Å². The third kappa shape index (κ3) is 3.61. The largest absolute Gasteiger partial charge is 0.423 e. The van der Waals surface area contributed by atoms with Crippen LogP contribution in [0.1, 0.15) is 15.9 Å². The van der Waals surface area contributed by atoms with Gasteiger partial charge in [-0.3, -0.25) is 4.79 Å². The fraction of sp³-hybridized carbons (Fsp3) is 0.118. The van der Waals surface area contributed by atoms with Crippen LogP contribution in [0.15, 0.2) is 59.3 Å². The fourth-order valence-electron chi connectivity index (χ4n) is 2.20. The van der Waals surface area contributed by atoms with E-state index in [4.69, 9.17) is 9.15 Å². The summed E-state index contributed by atoms with van der Waals surface area (Å²) in [6.45, 7) is 0.496. The maximum Gasteiger partial charge on any atom is 0.255 e. The zero-order valence-corrected chi connectivity index (χ0v) is 12.5. The highest BCUT2D eigenvalue weighted by atomic mass is 16.5. The Hall–Kier alpha value is -2.99. The highest BCUT2D eigenvalue weighted by molar-refractivity contribution is 6.04. The van der Waals surface area contributed by atoms with Crippen molar-refractivity contribution in [1.29, 1.82) is 0 Å². The van der Waals surface area contributed by atoms with E-state index >= 15 is 0 Å². The Bertz CT molecular complexity index is 800. The second-order valence-electron chi connectivity index (χ2n) is 4.91. The quantitative estimate of drug-likeness (QED) is 0.783. The molecule has 0 aliphatic rings. The number of ether oxygens (including phenoxy) is 1. The van der Waals surface area contributed by atoms with E-state index in [1.165, 1.54) is 6.39 Å². The molecule has 2 aromatic carbocycles. The molecule has 6 heteroatoms. The molecule has 0 fully saturated rings. The second-order valence-corrected chi connectivity index (χ2v) is 4.91. The molecule has 1 heterocycles. The summed E-state index contributed by atoms with van der Waals surface area (Å²) in [5, 5.41) is 10.3. The lowest BCUT2D eigenvalue weighted by Crippen LogP contribution is -2.12. The minimum absolute atomic E-state index is 0.207. The van der Waals surface area contributed by atoms with Crippen LogP contribution in [0.3, 0.4) is 0 Å². The van der Waals surface area contributed by atoms with Crippen molar-refractivity contribution in [1.82, 2.24) is 10.2 Å². The van der Waals surface area contributed by atoms with Crippen LogP contribution in [0.5, 0.6) is 0 Å². The number of methoxy groups -OCH3 is 1. The predicted octanol–water partition coefficient (Wildman–Crippen LogP) is 3.14. The number of amides is 1. The SMILES string of the molecule is COCc1cccc(NC(=O)c2cccc(-c3nnco3)c2)c1. The summed E-state index contributed by atoms with van der Waals surface area (Å²) in [7, 11) is 1.63. The summed E-state index contributed by atoms with van der Waals surface area (Å²) >= 11 is 0. The average molecular weight is 309 g/mol. The van der Waals surface area contributed by atoms with Crippen molar-refractivity contribution in [3.63, 3.8) is 0 Å². The van der Waals surface area contributed by atoms with Crippen LogP contribution in [0, 0.1) is 0 Å². The molecule has 1 aromatic heterocycles. The molecule has 1 amide bonds. The molecule has 116 valence electrons. The Balaban J connectivity index is 1.78. The molecule has 3 rings (SSSR count). The molecule has 1 N–H and O–H groups in total. The number of nitrogens with one attached hydrogen (secondary N) is 1. The van der Waals surface area contributed by atoms with Gasteiger partial charge in [0.05, 0.1) is 6.61 Å². The van der Waals surface area contributed by atoms with Crippen LogP contribution in [0.2, 0.25) is 0 Å². The molecule has 0 saturated carbocycles. The van der Waals surface area contributed by atoms with Crippen molar-refractivity contribution < 1.29 is 13.9 Å².